The van der Waals surface area contributed by atoms with E-state index in [4.69, 9.17) is 9.47 Å². The monoisotopic (exact) mass is 245 g/mol. The third-order valence-corrected chi connectivity index (χ3v) is 3.54. The average Bonchev–Trinajstić information content (AvgIpc) is 2.35. The highest BCUT2D eigenvalue weighted by Gasteiger charge is 2.28. The van der Waals surface area contributed by atoms with Crippen molar-refractivity contribution < 1.29 is 14.6 Å². The first-order valence-electron chi connectivity index (χ1n) is 6.69. The second-order valence-electron chi connectivity index (χ2n) is 4.79. The van der Waals surface area contributed by atoms with Gasteiger partial charge in [0.2, 0.25) is 0 Å². The SMILES string of the molecule is COCCCN(CCOC)[C@H]1CCCC[C@@H]1O. The normalized spacial score (nSPS) is 25.4. The molecule has 0 radical (unpaired) electrons. The Morgan fingerprint density at radius 1 is 1.06 bits per heavy atom. The molecule has 0 bridgehead atoms. The van der Waals surface area contributed by atoms with Crippen LogP contribution in [0.15, 0.2) is 0 Å². The van der Waals surface area contributed by atoms with Gasteiger partial charge in [-0.1, -0.05) is 12.8 Å². The minimum absolute atomic E-state index is 0.164. The number of nitrogens with zero attached hydrogens (tertiary/aromatic N) is 1. The van der Waals surface area contributed by atoms with E-state index in [1.165, 1.54) is 6.42 Å². The number of ether oxygens (including phenoxy) is 2. The van der Waals surface area contributed by atoms with E-state index in [1.54, 1.807) is 14.2 Å². The minimum Gasteiger partial charge on any atom is -0.391 e. The lowest BCUT2D eigenvalue weighted by Crippen LogP contribution is -2.47. The summed E-state index contributed by atoms with van der Waals surface area (Å²) < 4.78 is 10.2. The number of aliphatic hydroxyl groups is 1. The van der Waals surface area contributed by atoms with Gasteiger partial charge in [-0.05, 0) is 19.3 Å². The van der Waals surface area contributed by atoms with Crippen LogP contribution in [0.1, 0.15) is 32.1 Å². The second-order valence-corrected chi connectivity index (χ2v) is 4.79. The highest BCUT2D eigenvalue weighted by molar-refractivity contribution is 4.83. The largest absolute Gasteiger partial charge is 0.391 e. The predicted octanol–water partition coefficient (Wildman–Crippen LogP) is 1.27. The van der Waals surface area contributed by atoms with E-state index in [2.05, 4.69) is 4.90 Å². The molecule has 1 N–H and O–H groups in total. The zero-order chi connectivity index (χ0) is 12.5. The standard InChI is InChI=1S/C13H27NO3/c1-16-10-5-8-14(9-11-17-2)12-6-3-4-7-13(12)15/h12-13,15H,3-11H2,1-2H3/t12-,13-/m0/s1. The molecule has 1 rings (SSSR count). The smallest absolute Gasteiger partial charge is 0.0695 e. The van der Waals surface area contributed by atoms with Crippen molar-refractivity contribution in [2.75, 3.05) is 40.5 Å². The van der Waals surface area contributed by atoms with Crippen molar-refractivity contribution >= 4 is 0 Å². The number of aliphatic hydroxyl groups excluding tert-OH is 1. The first-order chi connectivity index (χ1) is 8.29. The molecular formula is C13H27NO3. The summed E-state index contributed by atoms with van der Waals surface area (Å²) in [7, 11) is 3.46. The molecule has 1 aliphatic rings. The van der Waals surface area contributed by atoms with Gasteiger partial charge in [-0.15, -0.1) is 0 Å². The first kappa shape index (κ1) is 14.9. The lowest BCUT2D eigenvalue weighted by molar-refractivity contribution is 0.00561. The van der Waals surface area contributed by atoms with Crippen molar-refractivity contribution in [1.29, 1.82) is 0 Å². The van der Waals surface area contributed by atoms with Gasteiger partial charge in [0, 0.05) is 40.0 Å². The van der Waals surface area contributed by atoms with Crippen molar-refractivity contribution in [1.82, 2.24) is 4.90 Å². The van der Waals surface area contributed by atoms with Crippen LogP contribution < -0.4 is 0 Å². The Labute approximate surface area is 105 Å². The van der Waals surface area contributed by atoms with Crippen LogP contribution in [-0.2, 0) is 9.47 Å². The zero-order valence-corrected chi connectivity index (χ0v) is 11.2. The quantitative estimate of drug-likeness (QED) is 0.654. The van der Waals surface area contributed by atoms with Crippen LogP contribution in [0, 0.1) is 0 Å². The summed E-state index contributed by atoms with van der Waals surface area (Å²) in [4.78, 5) is 2.37. The highest BCUT2D eigenvalue weighted by Crippen LogP contribution is 2.23. The molecule has 1 saturated carbocycles. The van der Waals surface area contributed by atoms with Gasteiger partial charge in [-0.3, -0.25) is 4.90 Å². The number of rotatable bonds is 8. The fourth-order valence-electron chi connectivity index (χ4n) is 2.58. The van der Waals surface area contributed by atoms with E-state index in [-0.39, 0.29) is 6.10 Å². The molecule has 0 spiro atoms. The number of hydrogen-bond acceptors (Lipinski definition) is 4. The fourth-order valence-corrected chi connectivity index (χ4v) is 2.58. The van der Waals surface area contributed by atoms with Crippen molar-refractivity contribution in [2.24, 2.45) is 0 Å². The van der Waals surface area contributed by atoms with Gasteiger partial charge in [0.05, 0.1) is 12.7 Å². The highest BCUT2D eigenvalue weighted by atomic mass is 16.5. The van der Waals surface area contributed by atoms with Crippen molar-refractivity contribution in [3.8, 4) is 0 Å². The average molecular weight is 245 g/mol. The lowest BCUT2D eigenvalue weighted by Gasteiger charge is -2.37. The Kier molecular flexibility index (Phi) is 7.77. The van der Waals surface area contributed by atoms with Gasteiger partial charge >= 0.3 is 0 Å². The Hall–Kier alpha value is -0.160. The molecule has 0 saturated heterocycles. The maximum absolute atomic E-state index is 10.1. The molecule has 2 atom stereocenters. The van der Waals surface area contributed by atoms with E-state index in [1.807, 2.05) is 0 Å². The van der Waals surface area contributed by atoms with Gasteiger partial charge in [0.15, 0.2) is 0 Å². The maximum atomic E-state index is 10.1. The van der Waals surface area contributed by atoms with Crippen molar-refractivity contribution in [3.05, 3.63) is 0 Å². The van der Waals surface area contributed by atoms with Gasteiger partial charge < -0.3 is 14.6 Å². The molecule has 0 aromatic heterocycles. The molecule has 1 fully saturated rings. The van der Waals surface area contributed by atoms with Crippen LogP contribution in [0.4, 0.5) is 0 Å². The Morgan fingerprint density at radius 3 is 2.41 bits per heavy atom. The Morgan fingerprint density at radius 2 is 1.76 bits per heavy atom. The third-order valence-electron chi connectivity index (χ3n) is 3.54. The molecule has 0 aliphatic heterocycles. The van der Waals surface area contributed by atoms with Gasteiger partial charge in [0.1, 0.15) is 0 Å². The Bertz CT molecular complexity index is 190. The number of hydrogen-bond donors (Lipinski definition) is 1. The summed E-state index contributed by atoms with van der Waals surface area (Å²) in [6, 6.07) is 0.316. The lowest BCUT2D eigenvalue weighted by atomic mass is 9.91. The zero-order valence-electron chi connectivity index (χ0n) is 11.2. The van der Waals surface area contributed by atoms with Crippen LogP contribution in [0.3, 0.4) is 0 Å². The minimum atomic E-state index is -0.164. The molecule has 0 amide bonds. The summed E-state index contributed by atoms with van der Waals surface area (Å²) in [5.41, 5.74) is 0. The van der Waals surface area contributed by atoms with Gasteiger partial charge in [-0.25, -0.2) is 0 Å². The topological polar surface area (TPSA) is 41.9 Å². The van der Waals surface area contributed by atoms with Crippen LogP contribution in [0.5, 0.6) is 0 Å². The fraction of sp³-hybridized carbons (Fsp3) is 1.00. The molecule has 1 aliphatic carbocycles. The van der Waals surface area contributed by atoms with Crippen LogP contribution in [0.2, 0.25) is 0 Å². The molecule has 0 aromatic carbocycles. The molecular weight excluding hydrogens is 218 g/mol. The van der Waals surface area contributed by atoms with Gasteiger partial charge in [0.25, 0.3) is 0 Å². The maximum Gasteiger partial charge on any atom is 0.0695 e. The molecule has 0 unspecified atom stereocenters. The van der Waals surface area contributed by atoms with E-state index in [9.17, 15) is 5.11 Å². The molecule has 4 nitrogen and oxygen atoms in total. The van der Waals surface area contributed by atoms with Crippen molar-refractivity contribution in [3.63, 3.8) is 0 Å². The molecule has 0 aromatic rings. The summed E-state index contributed by atoms with van der Waals surface area (Å²) >= 11 is 0. The molecule has 17 heavy (non-hydrogen) atoms. The van der Waals surface area contributed by atoms with Crippen LogP contribution in [0.25, 0.3) is 0 Å². The van der Waals surface area contributed by atoms with E-state index in [0.717, 1.165) is 52.0 Å². The molecule has 0 heterocycles. The number of methoxy groups -OCH3 is 2. The van der Waals surface area contributed by atoms with Crippen LogP contribution in [-0.4, -0.2) is 62.7 Å². The Balaban J connectivity index is 2.41. The van der Waals surface area contributed by atoms with E-state index >= 15 is 0 Å². The third kappa shape index (κ3) is 5.34. The summed E-state index contributed by atoms with van der Waals surface area (Å²) in [5, 5.41) is 10.1. The molecule has 102 valence electrons. The summed E-state index contributed by atoms with van der Waals surface area (Å²) in [6.45, 7) is 3.41. The predicted molar refractivity (Wildman–Crippen MR) is 68.2 cm³/mol. The van der Waals surface area contributed by atoms with Crippen LogP contribution >= 0.6 is 0 Å². The first-order valence-corrected chi connectivity index (χ1v) is 6.69. The van der Waals surface area contributed by atoms with Gasteiger partial charge in [-0.2, -0.15) is 0 Å². The summed E-state index contributed by atoms with van der Waals surface area (Å²) in [6.07, 6.45) is 5.30. The summed E-state index contributed by atoms with van der Waals surface area (Å²) in [5.74, 6) is 0. The second kappa shape index (κ2) is 8.86. The van der Waals surface area contributed by atoms with Crippen molar-refractivity contribution in [2.45, 2.75) is 44.2 Å². The van der Waals surface area contributed by atoms with E-state index in [0.29, 0.717) is 6.04 Å². The van der Waals surface area contributed by atoms with E-state index < -0.39 is 0 Å². The molecule has 4 heteroatoms.